The lowest BCUT2D eigenvalue weighted by Gasteiger charge is -2.45. The zero-order chi connectivity index (χ0) is 22.0. The topological polar surface area (TPSA) is 147 Å². The van der Waals surface area contributed by atoms with Gasteiger partial charge in [0, 0.05) is 32.0 Å². The van der Waals surface area contributed by atoms with Crippen molar-refractivity contribution in [3.63, 3.8) is 0 Å². The van der Waals surface area contributed by atoms with E-state index in [9.17, 15) is 34.8 Å². The molecule has 0 bridgehead atoms. The van der Waals surface area contributed by atoms with Crippen LogP contribution in [0.3, 0.4) is 0 Å². The number of carbonyl (C=O) groups is 3. The maximum atomic E-state index is 13.1. The SMILES string of the molecule is CN(C)NC(=O)C1=C(O)CC2CC3Cc4cccc(O)c4C(=O)C3=C(O)C2(O)C1=O. The molecule has 9 heteroatoms. The molecule has 1 aromatic carbocycles. The Labute approximate surface area is 171 Å². The Morgan fingerprint density at radius 1 is 1.17 bits per heavy atom. The number of aliphatic hydroxyl groups excluding tert-OH is 2. The van der Waals surface area contributed by atoms with E-state index in [4.69, 9.17) is 0 Å². The Morgan fingerprint density at radius 2 is 1.87 bits per heavy atom. The number of carbonyl (C=O) groups excluding carboxylic acids is 3. The second-order valence-electron chi connectivity index (χ2n) is 8.19. The highest BCUT2D eigenvalue weighted by molar-refractivity contribution is 6.24. The monoisotopic (exact) mass is 414 g/mol. The minimum absolute atomic E-state index is 0.0320. The second-order valence-corrected chi connectivity index (χ2v) is 8.19. The number of fused-ring (bicyclic) bond motifs is 3. The van der Waals surface area contributed by atoms with Gasteiger partial charge in [0.05, 0.1) is 5.56 Å². The van der Waals surface area contributed by atoms with E-state index >= 15 is 0 Å². The van der Waals surface area contributed by atoms with Crippen LogP contribution in [0.15, 0.2) is 40.9 Å². The highest BCUT2D eigenvalue weighted by Gasteiger charge is 2.59. The Morgan fingerprint density at radius 3 is 2.53 bits per heavy atom. The molecule has 0 fully saturated rings. The number of benzene rings is 1. The van der Waals surface area contributed by atoms with Crippen molar-refractivity contribution in [3.8, 4) is 5.75 Å². The van der Waals surface area contributed by atoms with Crippen LogP contribution < -0.4 is 5.43 Å². The van der Waals surface area contributed by atoms with E-state index in [1.165, 1.54) is 25.2 Å². The number of nitrogens with one attached hydrogen (secondary N) is 1. The molecule has 0 saturated carbocycles. The summed E-state index contributed by atoms with van der Waals surface area (Å²) in [5, 5.41) is 44.0. The summed E-state index contributed by atoms with van der Waals surface area (Å²) < 4.78 is 0. The molecule has 3 atom stereocenters. The number of aliphatic hydroxyl groups is 3. The van der Waals surface area contributed by atoms with Gasteiger partial charge in [-0.25, -0.2) is 5.01 Å². The molecule has 0 saturated heterocycles. The van der Waals surface area contributed by atoms with Crippen molar-refractivity contribution in [2.75, 3.05) is 14.1 Å². The Bertz CT molecular complexity index is 1060. The first kappa shape index (κ1) is 20.1. The zero-order valence-electron chi connectivity index (χ0n) is 16.5. The third-order valence-corrected chi connectivity index (χ3v) is 6.10. The fraction of sp³-hybridized carbons (Fsp3) is 0.381. The molecule has 0 spiro atoms. The zero-order valence-corrected chi connectivity index (χ0v) is 16.5. The minimum atomic E-state index is -2.51. The van der Waals surface area contributed by atoms with Gasteiger partial charge in [-0.15, -0.1) is 0 Å². The summed E-state index contributed by atoms with van der Waals surface area (Å²) in [5.74, 6) is -5.65. The van der Waals surface area contributed by atoms with Crippen molar-refractivity contribution in [2.24, 2.45) is 11.8 Å². The van der Waals surface area contributed by atoms with E-state index in [1.807, 2.05) is 0 Å². The van der Waals surface area contributed by atoms with E-state index in [0.717, 1.165) is 0 Å². The van der Waals surface area contributed by atoms with Crippen LogP contribution in [-0.4, -0.2) is 62.6 Å². The van der Waals surface area contributed by atoms with Crippen LogP contribution >= 0.6 is 0 Å². The number of nitrogens with zero attached hydrogens (tertiary/aromatic N) is 1. The van der Waals surface area contributed by atoms with Gasteiger partial charge in [0.25, 0.3) is 5.91 Å². The number of hydrazine groups is 1. The van der Waals surface area contributed by atoms with Crippen molar-refractivity contribution in [1.29, 1.82) is 0 Å². The fourth-order valence-corrected chi connectivity index (χ4v) is 4.80. The molecule has 5 N–H and O–H groups in total. The number of hydrogen-bond acceptors (Lipinski definition) is 8. The van der Waals surface area contributed by atoms with Gasteiger partial charge in [-0.1, -0.05) is 12.1 Å². The largest absolute Gasteiger partial charge is 0.511 e. The molecule has 9 nitrogen and oxygen atoms in total. The molecule has 1 amide bonds. The molecule has 3 aliphatic rings. The average Bonchev–Trinajstić information content (AvgIpc) is 2.64. The summed E-state index contributed by atoms with van der Waals surface area (Å²) in [5.41, 5.74) is -0.317. The molecule has 0 heterocycles. The maximum absolute atomic E-state index is 13.1. The molecular weight excluding hydrogens is 392 g/mol. The maximum Gasteiger partial charge on any atom is 0.272 e. The number of phenols is 1. The number of phenolic OH excluding ortho intramolecular Hbond substituents is 1. The first-order valence-electron chi connectivity index (χ1n) is 9.54. The number of ketones is 2. The lowest BCUT2D eigenvalue weighted by atomic mass is 9.60. The highest BCUT2D eigenvalue weighted by atomic mass is 16.3. The number of amides is 1. The van der Waals surface area contributed by atoms with Crippen LogP contribution in [0, 0.1) is 11.8 Å². The quantitative estimate of drug-likeness (QED) is 0.351. The summed E-state index contributed by atoms with van der Waals surface area (Å²) in [6.07, 6.45) is 0.274. The van der Waals surface area contributed by atoms with Crippen LogP contribution in [0.4, 0.5) is 0 Å². The number of aromatic hydroxyl groups is 1. The standard InChI is InChI=1S/C21H22N2O7/c1-23(2)22-20(29)16-13(25)8-11-7-10-6-9-4-3-5-12(24)14(9)17(26)15(10)18(27)21(11,30)19(16)28/h3-5,10-11,24-25,27,30H,6-8H2,1-2H3,(H,22,29). The first-order chi connectivity index (χ1) is 14.1. The van der Waals surface area contributed by atoms with E-state index in [0.29, 0.717) is 12.0 Å². The number of rotatable bonds is 2. The summed E-state index contributed by atoms with van der Waals surface area (Å²) in [6, 6.07) is 4.67. The molecule has 3 aliphatic carbocycles. The summed E-state index contributed by atoms with van der Waals surface area (Å²) >= 11 is 0. The molecular formula is C21H22N2O7. The lowest BCUT2D eigenvalue weighted by Crippen LogP contribution is -2.57. The summed E-state index contributed by atoms with van der Waals surface area (Å²) in [7, 11) is 3.02. The Balaban J connectivity index is 1.83. The van der Waals surface area contributed by atoms with E-state index in [2.05, 4.69) is 5.43 Å². The smallest absolute Gasteiger partial charge is 0.272 e. The molecule has 158 valence electrons. The Kier molecular flexibility index (Phi) is 4.48. The Hall–Kier alpha value is -3.17. The summed E-state index contributed by atoms with van der Waals surface area (Å²) in [6.45, 7) is 0. The molecule has 0 aromatic heterocycles. The van der Waals surface area contributed by atoms with Gasteiger partial charge in [-0.05, 0) is 30.4 Å². The highest BCUT2D eigenvalue weighted by Crippen LogP contribution is 2.51. The number of Topliss-reactive ketones (excluding diaryl/α,β-unsaturated/α-hetero) is 2. The molecule has 30 heavy (non-hydrogen) atoms. The predicted molar refractivity (Wildman–Crippen MR) is 103 cm³/mol. The lowest BCUT2D eigenvalue weighted by molar-refractivity contribution is -0.145. The minimum Gasteiger partial charge on any atom is -0.511 e. The number of hydrogen-bond donors (Lipinski definition) is 5. The van der Waals surface area contributed by atoms with Gasteiger partial charge < -0.3 is 20.4 Å². The van der Waals surface area contributed by atoms with Gasteiger partial charge in [0.1, 0.15) is 22.8 Å². The van der Waals surface area contributed by atoms with Gasteiger partial charge in [0.15, 0.2) is 11.4 Å². The molecule has 1 aromatic rings. The van der Waals surface area contributed by atoms with Crippen LogP contribution in [0.25, 0.3) is 0 Å². The van der Waals surface area contributed by atoms with Crippen LogP contribution in [0.2, 0.25) is 0 Å². The third-order valence-electron chi connectivity index (χ3n) is 6.10. The van der Waals surface area contributed by atoms with Crippen molar-refractivity contribution in [1.82, 2.24) is 10.4 Å². The molecule has 3 unspecified atom stereocenters. The fourth-order valence-electron chi connectivity index (χ4n) is 4.80. The van der Waals surface area contributed by atoms with Crippen molar-refractivity contribution in [3.05, 3.63) is 52.0 Å². The second kappa shape index (κ2) is 6.68. The molecule has 4 rings (SSSR count). The first-order valence-corrected chi connectivity index (χ1v) is 9.54. The predicted octanol–water partition coefficient (Wildman–Crippen LogP) is 0.688. The average molecular weight is 414 g/mol. The van der Waals surface area contributed by atoms with Gasteiger partial charge in [-0.3, -0.25) is 19.8 Å². The van der Waals surface area contributed by atoms with Gasteiger partial charge in [-0.2, -0.15) is 0 Å². The van der Waals surface area contributed by atoms with E-state index < -0.39 is 52.0 Å². The van der Waals surface area contributed by atoms with Crippen molar-refractivity contribution in [2.45, 2.75) is 24.9 Å². The summed E-state index contributed by atoms with van der Waals surface area (Å²) in [4.78, 5) is 38.6. The van der Waals surface area contributed by atoms with E-state index in [-0.39, 0.29) is 29.7 Å². The molecule has 0 radical (unpaired) electrons. The van der Waals surface area contributed by atoms with Crippen LogP contribution in [0.5, 0.6) is 5.75 Å². The normalized spacial score (nSPS) is 28.3. The van der Waals surface area contributed by atoms with E-state index in [1.54, 1.807) is 12.1 Å². The van der Waals surface area contributed by atoms with Crippen molar-refractivity contribution >= 4 is 17.5 Å². The third kappa shape index (κ3) is 2.66. The number of allylic oxidation sites excluding steroid dienone is 2. The van der Waals surface area contributed by atoms with Gasteiger partial charge >= 0.3 is 0 Å². The van der Waals surface area contributed by atoms with Crippen LogP contribution in [-0.2, 0) is 16.0 Å². The molecule has 0 aliphatic heterocycles. The van der Waals surface area contributed by atoms with Crippen LogP contribution in [0.1, 0.15) is 28.8 Å². The van der Waals surface area contributed by atoms with Gasteiger partial charge in [0.2, 0.25) is 5.78 Å². The van der Waals surface area contributed by atoms with Crippen molar-refractivity contribution < 1.29 is 34.8 Å².